The van der Waals surface area contributed by atoms with Gasteiger partial charge in [0.2, 0.25) is 0 Å². The lowest BCUT2D eigenvalue weighted by atomic mass is 10.1. The van der Waals surface area contributed by atoms with Crippen LogP contribution in [-0.2, 0) is 13.6 Å². The van der Waals surface area contributed by atoms with Crippen molar-refractivity contribution in [1.29, 1.82) is 0 Å². The highest BCUT2D eigenvalue weighted by Crippen LogP contribution is 2.57. The predicted octanol–water partition coefficient (Wildman–Crippen LogP) is 4.86. The van der Waals surface area contributed by atoms with E-state index in [-0.39, 0.29) is 10.1 Å². The minimum absolute atomic E-state index is 0.182. The molecule has 2 rings (SSSR count). The third-order valence-electron chi connectivity index (χ3n) is 2.88. The van der Waals surface area contributed by atoms with Crippen LogP contribution in [0.1, 0.15) is 24.2 Å². The number of alkyl halides is 1. The molecule has 19 heavy (non-hydrogen) atoms. The summed E-state index contributed by atoms with van der Waals surface area (Å²) < 4.78 is 23.3. The first kappa shape index (κ1) is 15.6. The van der Waals surface area contributed by atoms with Crippen LogP contribution in [0.4, 0.5) is 0 Å². The average Bonchev–Trinajstić information content (AvgIpc) is 2.67. The highest BCUT2D eigenvalue weighted by atomic mass is 79.9. The summed E-state index contributed by atoms with van der Waals surface area (Å²) in [6.45, 7) is 4.50. The zero-order valence-corrected chi connectivity index (χ0v) is 14.3. The molecule has 2 atom stereocenters. The number of benzene rings is 1. The van der Waals surface area contributed by atoms with E-state index in [1.165, 1.54) is 10.5 Å². The summed E-state index contributed by atoms with van der Waals surface area (Å²) in [5.74, 6) is 0. The van der Waals surface area contributed by atoms with E-state index in [4.69, 9.17) is 9.05 Å². The first-order valence-electron chi connectivity index (χ1n) is 6.37. The van der Waals surface area contributed by atoms with Crippen molar-refractivity contribution in [1.82, 2.24) is 0 Å². The molecule has 1 aromatic carbocycles. The number of hydrogen-bond donors (Lipinski definition) is 0. The fourth-order valence-corrected chi connectivity index (χ4v) is 7.13. The number of halogens is 1. The molecule has 1 heterocycles. The Hall–Kier alpha value is 0.200. The van der Waals surface area contributed by atoms with Gasteiger partial charge in [-0.3, -0.25) is 4.57 Å². The van der Waals surface area contributed by atoms with Crippen molar-refractivity contribution in [3.8, 4) is 0 Å². The maximum atomic E-state index is 12.6. The van der Waals surface area contributed by atoms with Crippen LogP contribution in [0.3, 0.4) is 0 Å². The molecule has 1 aliphatic rings. The van der Waals surface area contributed by atoms with E-state index in [0.29, 0.717) is 19.4 Å². The van der Waals surface area contributed by atoms with Gasteiger partial charge in [-0.05, 0) is 25.5 Å². The Kier molecular flexibility index (Phi) is 5.55. The van der Waals surface area contributed by atoms with Gasteiger partial charge in [0.25, 0.3) is 0 Å². The van der Waals surface area contributed by atoms with Crippen LogP contribution in [0, 0.1) is 0 Å². The molecular weight excluding hydrogens is 347 g/mol. The molecule has 0 fully saturated rings. The fourth-order valence-electron chi connectivity index (χ4n) is 2.13. The van der Waals surface area contributed by atoms with Crippen molar-refractivity contribution in [3.63, 3.8) is 0 Å². The molecule has 106 valence electrons. The molecule has 0 N–H and O–H groups in total. The Morgan fingerprint density at radius 1 is 1.26 bits per heavy atom. The molecular formula is C13H18BrO3PS. The molecule has 0 aliphatic carbocycles. The van der Waals surface area contributed by atoms with Crippen LogP contribution >= 0.6 is 35.3 Å². The first-order chi connectivity index (χ1) is 9.09. The molecule has 6 heteroatoms. The number of thioether (sulfide) groups is 1. The second-order valence-electron chi connectivity index (χ2n) is 4.22. The summed E-state index contributed by atoms with van der Waals surface area (Å²) >= 11 is 5.45. The molecule has 1 aliphatic heterocycles. The third kappa shape index (κ3) is 3.64. The zero-order valence-electron chi connectivity index (χ0n) is 11.0. The Balaban J connectivity index is 2.11. The van der Waals surface area contributed by atoms with E-state index in [0.717, 1.165) is 0 Å². The van der Waals surface area contributed by atoms with Crippen molar-refractivity contribution in [2.45, 2.75) is 28.8 Å². The third-order valence-corrected chi connectivity index (χ3v) is 8.12. The van der Waals surface area contributed by atoms with E-state index >= 15 is 0 Å². The van der Waals surface area contributed by atoms with E-state index in [9.17, 15) is 4.57 Å². The molecule has 0 amide bonds. The number of rotatable bonds is 6. The van der Waals surface area contributed by atoms with Crippen molar-refractivity contribution >= 4 is 35.3 Å². The Morgan fingerprint density at radius 3 is 2.47 bits per heavy atom. The molecule has 0 radical (unpaired) electrons. The van der Waals surface area contributed by atoms with Gasteiger partial charge < -0.3 is 9.05 Å². The Morgan fingerprint density at radius 2 is 1.89 bits per heavy atom. The molecule has 0 bridgehead atoms. The van der Waals surface area contributed by atoms with Crippen LogP contribution in [0.15, 0.2) is 29.2 Å². The van der Waals surface area contributed by atoms with Crippen LogP contribution in [0.2, 0.25) is 0 Å². The summed E-state index contributed by atoms with van der Waals surface area (Å²) in [4.78, 5) is 1.44. The molecule has 2 unspecified atom stereocenters. The standard InChI is InChI=1S/C13H18BrO3PS/c1-3-16-18(15,17-4-2)9-12-13(14)10-7-5-6-8-11(10)19-12/h5-8,12-13H,3-4,9H2,1-2H3. The van der Waals surface area contributed by atoms with Gasteiger partial charge in [0, 0.05) is 10.1 Å². The Bertz CT molecular complexity index is 473. The summed E-state index contributed by atoms with van der Waals surface area (Å²) in [6.07, 6.45) is 0.434. The molecule has 0 spiro atoms. The van der Waals surface area contributed by atoms with Gasteiger partial charge in [0.15, 0.2) is 0 Å². The first-order valence-corrected chi connectivity index (χ1v) is 9.89. The Labute approximate surface area is 127 Å². The van der Waals surface area contributed by atoms with Gasteiger partial charge in [0.1, 0.15) is 0 Å². The van der Waals surface area contributed by atoms with Gasteiger partial charge in [-0.2, -0.15) is 0 Å². The van der Waals surface area contributed by atoms with Crippen molar-refractivity contribution in [2.75, 3.05) is 19.4 Å². The van der Waals surface area contributed by atoms with E-state index in [2.05, 4.69) is 28.1 Å². The summed E-state index contributed by atoms with van der Waals surface area (Å²) in [6, 6.07) is 8.26. The second-order valence-corrected chi connectivity index (χ2v) is 8.60. The van der Waals surface area contributed by atoms with Gasteiger partial charge in [-0.25, -0.2) is 0 Å². The van der Waals surface area contributed by atoms with Crippen LogP contribution < -0.4 is 0 Å². The normalized spacial score (nSPS) is 22.5. The maximum Gasteiger partial charge on any atom is 0.331 e. The zero-order chi connectivity index (χ0) is 13.9. The van der Waals surface area contributed by atoms with Crippen LogP contribution in [0.5, 0.6) is 0 Å². The molecule has 0 aromatic heterocycles. The lowest BCUT2D eigenvalue weighted by Gasteiger charge is -2.21. The highest BCUT2D eigenvalue weighted by Gasteiger charge is 2.38. The topological polar surface area (TPSA) is 35.5 Å². The maximum absolute atomic E-state index is 12.6. The number of fused-ring (bicyclic) bond motifs is 1. The smallest absolute Gasteiger partial charge is 0.309 e. The molecule has 0 saturated carbocycles. The number of hydrogen-bond acceptors (Lipinski definition) is 4. The lowest BCUT2D eigenvalue weighted by Crippen LogP contribution is -2.13. The predicted molar refractivity (Wildman–Crippen MR) is 83.5 cm³/mol. The van der Waals surface area contributed by atoms with Crippen molar-refractivity contribution < 1.29 is 13.6 Å². The van der Waals surface area contributed by atoms with Gasteiger partial charge in [-0.1, -0.05) is 34.1 Å². The summed E-state index contributed by atoms with van der Waals surface area (Å²) in [5, 5.41) is 0.182. The van der Waals surface area contributed by atoms with E-state index in [1.807, 2.05) is 26.0 Å². The lowest BCUT2D eigenvalue weighted by molar-refractivity contribution is 0.220. The van der Waals surface area contributed by atoms with Gasteiger partial charge >= 0.3 is 7.60 Å². The van der Waals surface area contributed by atoms with Crippen molar-refractivity contribution in [3.05, 3.63) is 29.8 Å². The minimum atomic E-state index is -2.99. The molecule has 1 aromatic rings. The second kappa shape index (κ2) is 6.77. The minimum Gasteiger partial charge on any atom is -0.309 e. The summed E-state index contributed by atoms with van der Waals surface area (Å²) in [5.41, 5.74) is 1.26. The van der Waals surface area contributed by atoms with Crippen LogP contribution in [0.25, 0.3) is 0 Å². The average molecular weight is 365 g/mol. The van der Waals surface area contributed by atoms with Gasteiger partial charge in [0.05, 0.1) is 24.2 Å². The quantitative estimate of drug-likeness (QED) is 0.533. The van der Waals surface area contributed by atoms with Crippen molar-refractivity contribution in [2.24, 2.45) is 0 Å². The van der Waals surface area contributed by atoms with E-state index in [1.54, 1.807) is 11.8 Å². The van der Waals surface area contributed by atoms with E-state index < -0.39 is 7.60 Å². The molecule has 3 nitrogen and oxygen atoms in total. The summed E-state index contributed by atoms with van der Waals surface area (Å²) in [7, 11) is -2.99. The largest absolute Gasteiger partial charge is 0.331 e. The highest BCUT2D eigenvalue weighted by molar-refractivity contribution is 9.09. The fraction of sp³-hybridized carbons (Fsp3) is 0.538. The molecule has 0 saturated heterocycles. The SMILES string of the molecule is CCOP(=O)(CC1Sc2ccccc2C1Br)OCC. The van der Waals surface area contributed by atoms with Gasteiger partial charge in [-0.15, -0.1) is 11.8 Å². The van der Waals surface area contributed by atoms with Crippen LogP contribution in [-0.4, -0.2) is 24.6 Å². The monoisotopic (exact) mass is 364 g/mol.